The van der Waals surface area contributed by atoms with Gasteiger partial charge in [-0.15, -0.1) is 0 Å². The molecule has 0 aliphatic carbocycles. The number of aryl methyl sites for hydroxylation is 1. The summed E-state index contributed by atoms with van der Waals surface area (Å²) in [6.07, 6.45) is 6.00. The second-order valence-electron chi connectivity index (χ2n) is 7.14. The zero-order chi connectivity index (χ0) is 23.5. The molecule has 33 heavy (non-hydrogen) atoms. The Morgan fingerprint density at radius 2 is 1.94 bits per heavy atom. The van der Waals surface area contributed by atoms with Gasteiger partial charge in [-0.1, -0.05) is 53.8 Å². The molecule has 166 valence electrons. The van der Waals surface area contributed by atoms with Crippen molar-refractivity contribution in [1.29, 1.82) is 0 Å². The molecule has 0 spiro atoms. The van der Waals surface area contributed by atoms with Crippen molar-refractivity contribution < 1.29 is 24.2 Å². The summed E-state index contributed by atoms with van der Waals surface area (Å²) in [6.45, 7) is 1.62. The number of nitrogens with zero attached hydrogens (tertiary/aromatic N) is 3. The summed E-state index contributed by atoms with van der Waals surface area (Å²) in [6, 6.07) is 11.6. The van der Waals surface area contributed by atoms with Gasteiger partial charge in [-0.3, -0.25) is 19.5 Å². The second-order valence-corrected chi connectivity index (χ2v) is 8.11. The number of methoxy groups -OCH3 is 1. The van der Waals surface area contributed by atoms with Gasteiger partial charge >= 0.3 is 5.97 Å². The zero-order valence-corrected chi connectivity index (χ0v) is 18.6. The first-order valence-electron chi connectivity index (χ1n) is 9.92. The van der Waals surface area contributed by atoms with Crippen LogP contribution in [0, 0.1) is 6.92 Å². The molecule has 0 bridgehead atoms. The van der Waals surface area contributed by atoms with Crippen molar-refractivity contribution in [1.82, 2.24) is 9.97 Å². The van der Waals surface area contributed by atoms with Gasteiger partial charge < -0.3 is 9.84 Å². The van der Waals surface area contributed by atoms with E-state index in [1.807, 2.05) is 30.3 Å². The fourth-order valence-corrected chi connectivity index (χ4v) is 4.51. The topological polar surface area (TPSA) is 110 Å². The minimum atomic E-state index is -0.963. The predicted molar refractivity (Wildman–Crippen MR) is 123 cm³/mol. The Morgan fingerprint density at radius 1 is 1.18 bits per heavy atom. The first-order valence-corrected chi connectivity index (χ1v) is 10.7. The van der Waals surface area contributed by atoms with Gasteiger partial charge in [0, 0.05) is 12.4 Å². The number of allylic oxidation sites excluding steroid dienone is 1. The number of hydrogen-bond acceptors (Lipinski definition) is 8. The van der Waals surface area contributed by atoms with Crippen molar-refractivity contribution in [2.45, 2.75) is 13.0 Å². The van der Waals surface area contributed by atoms with Gasteiger partial charge in [0.1, 0.15) is 4.88 Å². The SMILES string of the molecule is COC(=O)c1sc(N2C(=O)C(O)=C(C(=O)/C=C/c3ccccc3)C2c2cccnc2)nc1C. The number of rotatable bonds is 6. The van der Waals surface area contributed by atoms with Crippen LogP contribution in [0.15, 0.2) is 72.3 Å². The molecule has 0 radical (unpaired) electrons. The second kappa shape index (κ2) is 9.17. The fourth-order valence-electron chi connectivity index (χ4n) is 3.50. The molecule has 1 aromatic carbocycles. The van der Waals surface area contributed by atoms with E-state index in [2.05, 4.69) is 9.97 Å². The fraction of sp³-hybridized carbons (Fsp3) is 0.125. The normalized spacial score (nSPS) is 16.0. The highest BCUT2D eigenvalue weighted by Gasteiger charge is 2.45. The Balaban J connectivity index is 1.78. The summed E-state index contributed by atoms with van der Waals surface area (Å²) in [5, 5.41) is 10.9. The predicted octanol–water partition coefficient (Wildman–Crippen LogP) is 3.82. The van der Waals surface area contributed by atoms with E-state index in [1.54, 1.807) is 31.3 Å². The summed E-state index contributed by atoms with van der Waals surface area (Å²) >= 11 is 0.950. The van der Waals surface area contributed by atoms with E-state index in [1.165, 1.54) is 24.3 Å². The number of hydrogen-bond donors (Lipinski definition) is 1. The average Bonchev–Trinajstić information content (AvgIpc) is 3.35. The Bertz CT molecular complexity index is 1280. The minimum absolute atomic E-state index is 0.0901. The molecule has 9 heteroatoms. The number of ketones is 1. The van der Waals surface area contributed by atoms with Crippen LogP contribution in [-0.4, -0.2) is 39.8 Å². The van der Waals surface area contributed by atoms with Crippen LogP contribution in [0.5, 0.6) is 0 Å². The van der Waals surface area contributed by atoms with Crippen molar-refractivity contribution in [3.8, 4) is 0 Å². The van der Waals surface area contributed by atoms with Crippen LogP contribution < -0.4 is 4.90 Å². The van der Waals surface area contributed by atoms with Gasteiger partial charge in [0.2, 0.25) is 0 Å². The van der Waals surface area contributed by atoms with E-state index in [0.717, 1.165) is 16.9 Å². The number of aliphatic hydroxyl groups excluding tert-OH is 1. The van der Waals surface area contributed by atoms with Crippen LogP contribution in [0.25, 0.3) is 6.08 Å². The van der Waals surface area contributed by atoms with Gasteiger partial charge in [-0.05, 0) is 30.2 Å². The van der Waals surface area contributed by atoms with E-state index in [4.69, 9.17) is 4.74 Å². The summed E-state index contributed by atoms with van der Waals surface area (Å²) in [4.78, 5) is 48.2. The third kappa shape index (κ3) is 4.18. The van der Waals surface area contributed by atoms with E-state index in [-0.39, 0.29) is 15.6 Å². The molecule has 1 unspecified atom stereocenters. The number of thiazole rings is 1. The molecule has 1 aliphatic heterocycles. The Hall–Kier alpha value is -4.11. The number of amides is 1. The smallest absolute Gasteiger partial charge is 0.350 e. The first kappa shape index (κ1) is 22.1. The maximum Gasteiger partial charge on any atom is 0.350 e. The van der Waals surface area contributed by atoms with Crippen molar-refractivity contribution >= 4 is 40.2 Å². The standard InChI is InChI=1S/C24H19N3O5S/c1-14-21(23(31)32-2)33-24(26-14)27-19(16-9-6-12-25-13-16)18(20(29)22(27)30)17(28)11-10-15-7-4-3-5-8-15/h3-13,19,29H,1-2H3/b11-10+. The molecule has 1 aliphatic rings. The molecule has 1 amide bonds. The van der Waals surface area contributed by atoms with Crippen molar-refractivity contribution in [3.05, 3.63) is 94.0 Å². The number of anilines is 1. The van der Waals surface area contributed by atoms with Gasteiger partial charge in [0.15, 0.2) is 16.7 Å². The van der Waals surface area contributed by atoms with Crippen molar-refractivity contribution in [3.63, 3.8) is 0 Å². The Kier molecular flexibility index (Phi) is 6.14. The average molecular weight is 461 g/mol. The largest absolute Gasteiger partial charge is 0.503 e. The lowest BCUT2D eigenvalue weighted by atomic mass is 9.97. The van der Waals surface area contributed by atoms with Gasteiger partial charge in [0.25, 0.3) is 5.91 Å². The maximum absolute atomic E-state index is 13.2. The molecule has 3 heterocycles. The van der Waals surface area contributed by atoms with E-state index in [0.29, 0.717) is 11.3 Å². The third-order valence-corrected chi connectivity index (χ3v) is 6.20. The zero-order valence-electron chi connectivity index (χ0n) is 17.8. The van der Waals surface area contributed by atoms with Crippen LogP contribution in [0.3, 0.4) is 0 Å². The van der Waals surface area contributed by atoms with Gasteiger partial charge in [-0.25, -0.2) is 9.78 Å². The molecular formula is C24H19N3O5S. The van der Waals surface area contributed by atoms with Crippen LogP contribution in [0.2, 0.25) is 0 Å². The molecule has 2 aromatic heterocycles. The number of aromatic nitrogens is 2. The molecule has 8 nitrogen and oxygen atoms in total. The molecule has 0 saturated carbocycles. The third-order valence-electron chi connectivity index (χ3n) is 5.06. The number of benzene rings is 1. The summed E-state index contributed by atoms with van der Waals surface area (Å²) < 4.78 is 4.78. The number of aliphatic hydroxyl groups is 1. The Morgan fingerprint density at radius 3 is 2.61 bits per heavy atom. The van der Waals surface area contributed by atoms with Crippen molar-refractivity contribution in [2.24, 2.45) is 0 Å². The molecule has 4 rings (SSSR count). The lowest BCUT2D eigenvalue weighted by Crippen LogP contribution is -2.30. The van der Waals surface area contributed by atoms with E-state index >= 15 is 0 Å². The molecule has 1 atom stereocenters. The minimum Gasteiger partial charge on any atom is -0.503 e. The van der Waals surface area contributed by atoms with Crippen LogP contribution >= 0.6 is 11.3 Å². The number of ether oxygens (including phenoxy) is 1. The summed E-state index contributed by atoms with van der Waals surface area (Å²) in [5.41, 5.74) is 1.60. The first-order chi connectivity index (χ1) is 15.9. The lowest BCUT2D eigenvalue weighted by molar-refractivity contribution is -0.117. The monoisotopic (exact) mass is 461 g/mol. The highest BCUT2D eigenvalue weighted by Crippen LogP contribution is 2.42. The van der Waals surface area contributed by atoms with Crippen LogP contribution in [0.4, 0.5) is 5.13 Å². The molecule has 3 aromatic rings. The number of carbonyl (C=O) groups excluding carboxylic acids is 3. The van der Waals surface area contributed by atoms with Crippen LogP contribution in [-0.2, 0) is 14.3 Å². The summed E-state index contributed by atoms with van der Waals surface area (Å²) in [5.74, 6) is -2.56. The van der Waals surface area contributed by atoms with E-state index in [9.17, 15) is 19.5 Å². The highest BCUT2D eigenvalue weighted by molar-refractivity contribution is 7.17. The maximum atomic E-state index is 13.2. The number of pyridine rings is 1. The lowest BCUT2D eigenvalue weighted by Gasteiger charge is -2.23. The Labute approximate surface area is 193 Å². The molecule has 0 fully saturated rings. The molecule has 1 N–H and O–H groups in total. The highest BCUT2D eigenvalue weighted by atomic mass is 32.1. The number of esters is 1. The summed E-state index contributed by atoms with van der Waals surface area (Å²) in [7, 11) is 1.25. The quantitative estimate of drug-likeness (QED) is 0.439. The van der Waals surface area contributed by atoms with E-state index < -0.39 is 29.5 Å². The van der Waals surface area contributed by atoms with Crippen molar-refractivity contribution in [2.75, 3.05) is 12.0 Å². The van der Waals surface area contributed by atoms with Gasteiger partial charge in [0.05, 0.1) is 24.4 Å². The van der Waals surface area contributed by atoms with Gasteiger partial charge in [-0.2, -0.15) is 0 Å². The number of carbonyl (C=O) groups is 3. The molecular weight excluding hydrogens is 442 g/mol. The molecule has 0 saturated heterocycles. The van der Waals surface area contributed by atoms with Crippen LogP contribution in [0.1, 0.15) is 32.5 Å².